The molecule has 0 aliphatic rings. The molecule has 0 unspecified atom stereocenters. The van der Waals surface area contributed by atoms with Gasteiger partial charge >= 0.3 is 0 Å². The molecule has 3 heterocycles. The van der Waals surface area contributed by atoms with Crippen LogP contribution in [0.15, 0.2) is 36.8 Å². The number of H-pyrrole nitrogens is 1. The molecule has 0 aromatic carbocycles. The van der Waals surface area contributed by atoms with Crippen molar-refractivity contribution in [3.63, 3.8) is 0 Å². The van der Waals surface area contributed by atoms with Gasteiger partial charge in [-0.25, -0.2) is 9.97 Å². The number of nitrogen functional groups attached to an aromatic ring is 1. The molecule has 0 saturated carbocycles. The molecular formula is C17H19N5O. The first-order chi connectivity index (χ1) is 11.1. The number of aromatic amines is 1. The number of anilines is 1. The number of hydrogen-bond donors (Lipinski definition) is 2. The highest BCUT2D eigenvalue weighted by Gasteiger charge is 2.17. The van der Waals surface area contributed by atoms with E-state index in [1.807, 2.05) is 18.2 Å². The smallest absolute Gasteiger partial charge is 0.166 e. The van der Waals surface area contributed by atoms with Crippen molar-refractivity contribution >= 4 is 5.82 Å². The summed E-state index contributed by atoms with van der Waals surface area (Å²) in [5.41, 5.74) is 9.44. The minimum absolute atomic E-state index is 0.285. The van der Waals surface area contributed by atoms with E-state index in [9.17, 15) is 0 Å². The number of nitrogens with two attached hydrogens (primary N) is 1. The number of ether oxygens (including phenoxy) is 1. The Hall–Kier alpha value is -2.89. The molecule has 3 rings (SSSR count). The molecule has 3 N–H and O–H groups in total. The van der Waals surface area contributed by atoms with Crippen molar-refractivity contribution in [2.75, 3.05) is 12.8 Å². The summed E-state index contributed by atoms with van der Waals surface area (Å²) in [6, 6.07) is 5.75. The van der Waals surface area contributed by atoms with Crippen LogP contribution in [-0.2, 0) is 0 Å². The highest BCUT2D eigenvalue weighted by molar-refractivity contribution is 5.79. The molecular weight excluding hydrogens is 290 g/mol. The third-order valence-electron chi connectivity index (χ3n) is 3.61. The second-order valence-electron chi connectivity index (χ2n) is 5.55. The number of pyridine rings is 2. The van der Waals surface area contributed by atoms with Gasteiger partial charge in [0.15, 0.2) is 11.6 Å². The van der Waals surface area contributed by atoms with E-state index >= 15 is 0 Å². The highest BCUT2D eigenvalue weighted by Crippen LogP contribution is 2.33. The minimum atomic E-state index is 0.285. The maximum atomic E-state index is 5.81. The molecule has 0 radical (unpaired) electrons. The topological polar surface area (TPSA) is 89.7 Å². The molecule has 0 bridgehead atoms. The first-order valence-electron chi connectivity index (χ1n) is 7.40. The number of nitrogens with zero attached hydrogens (tertiary/aromatic N) is 3. The fraction of sp³-hybridized carbons (Fsp3) is 0.235. The molecule has 0 aliphatic carbocycles. The van der Waals surface area contributed by atoms with Crippen LogP contribution in [0, 0.1) is 0 Å². The number of rotatable bonds is 4. The van der Waals surface area contributed by atoms with Crippen molar-refractivity contribution in [1.29, 1.82) is 0 Å². The van der Waals surface area contributed by atoms with Gasteiger partial charge in [0.2, 0.25) is 0 Å². The largest absolute Gasteiger partial charge is 0.493 e. The van der Waals surface area contributed by atoms with Crippen molar-refractivity contribution < 1.29 is 4.74 Å². The fourth-order valence-electron chi connectivity index (χ4n) is 2.35. The van der Waals surface area contributed by atoms with Crippen LogP contribution < -0.4 is 10.5 Å². The molecule has 0 amide bonds. The van der Waals surface area contributed by atoms with Gasteiger partial charge in [-0.1, -0.05) is 13.8 Å². The lowest BCUT2D eigenvalue weighted by Crippen LogP contribution is -1.96. The molecule has 0 fully saturated rings. The zero-order valence-corrected chi connectivity index (χ0v) is 13.4. The summed E-state index contributed by atoms with van der Waals surface area (Å²) in [5.74, 6) is 2.11. The second kappa shape index (κ2) is 6.08. The zero-order valence-electron chi connectivity index (χ0n) is 13.4. The maximum Gasteiger partial charge on any atom is 0.166 e. The molecule has 0 saturated heterocycles. The van der Waals surface area contributed by atoms with Gasteiger partial charge < -0.3 is 15.5 Å². The summed E-state index contributed by atoms with van der Waals surface area (Å²) < 4.78 is 5.27. The quantitative estimate of drug-likeness (QED) is 0.772. The molecule has 0 spiro atoms. The third-order valence-corrected chi connectivity index (χ3v) is 3.61. The van der Waals surface area contributed by atoms with E-state index in [-0.39, 0.29) is 5.92 Å². The molecule has 6 nitrogen and oxygen atoms in total. The van der Waals surface area contributed by atoms with E-state index in [0.29, 0.717) is 11.6 Å². The third kappa shape index (κ3) is 2.88. The Kier molecular flexibility index (Phi) is 3.97. The van der Waals surface area contributed by atoms with Crippen molar-refractivity contribution in [3.05, 3.63) is 42.6 Å². The van der Waals surface area contributed by atoms with Crippen LogP contribution in [-0.4, -0.2) is 27.0 Å². The van der Waals surface area contributed by atoms with E-state index in [4.69, 9.17) is 15.5 Å². The summed E-state index contributed by atoms with van der Waals surface area (Å²) in [6.07, 6.45) is 5.23. The first-order valence-corrected chi connectivity index (χ1v) is 7.40. The summed E-state index contributed by atoms with van der Waals surface area (Å²) >= 11 is 0. The summed E-state index contributed by atoms with van der Waals surface area (Å²) in [4.78, 5) is 16.4. The van der Waals surface area contributed by atoms with Gasteiger partial charge in [-0.3, -0.25) is 4.98 Å². The molecule has 23 heavy (non-hydrogen) atoms. The molecule has 0 atom stereocenters. The van der Waals surface area contributed by atoms with Crippen LogP contribution in [0.25, 0.3) is 22.5 Å². The number of imidazole rings is 1. The predicted molar refractivity (Wildman–Crippen MR) is 90.1 cm³/mol. The van der Waals surface area contributed by atoms with Crippen LogP contribution in [0.2, 0.25) is 0 Å². The van der Waals surface area contributed by atoms with E-state index in [1.54, 1.807) is 25.7 Å². The minimum Gasteiger partial charge on any atom is -0.493 e. The fourth-order valence-corrected chi connectivity index (χ4v) is 2.35. The van der Waals surface area contributed by atoms with Gasteiger partial charge in [-0.15, -0.1) is 0 Å². The second-order valence-corrected chi connectivity index (χ2v) is 5.55. The maximum absolute atomic E-state index is 5.81. The van der Waals surface area contributed by atoms with Crippen LogP contribution >= 0.6 is 0 Å². The average molecular weight is 309 g/mol. The van der Waals surface area contributed by atoms with Crippen LogP contribution in [0.3, 0.4) is 0 Å². The van der Waals surface area contributed by atoms with Crippen LogP contribution in [0.5, 0.6) is 5.75 Å². The van der Waals surface area contributed by atoms with Crippen molar-refractivity contribution in [3.8, 4) is 28.3 Å². The Morgan fingerprint density at radius 3 is 2.57 bits per heavy atom. The van der Waals surface area contributed by atoms with Crippen molar-refractivity contribution in [1.82, 2.24) is 19.9 Å². The lowest BCUT2D eigenvalue weighted by Gasteiger charge is -2.07. The van der Waals surface area contributed by atoms with E-state index in [2.05, 4.69) is 28.8 Å². The molecule has 6 heteroatoms. The summed E-state index contributed by atoms with van der Waals surface area (Å²) in [5, 5.41) is 0. The summed E-state index contributed by atoms with van der Waals surface area (Å²) in [6.45, 7) is 4.20. The zero-order chi connectivity index (χ0) is 16.4. The number of methoxy groups -OCH3 is 1. The number of hydrogen-bond acceptors (Lipinski definition) is 5. The Balaban J connectivity index is 2.18. The molecule has 3 aromatic rings. The van der Waals surface area contributed by atoms with Crippen LogP contribution in [0.1, 0.15) is 25.6 Å². The Bertz CT molecular complexity index is 811. The Morgan fingerprint density at radius 1 is 1.17 bits per heavy atom. The summed E-state index contributed by atoms with van der Waals surface area (Å²) in [7, 11) is 1.57. The van der Waals surface area contributed by atoms with Crippen LogP contribution in [0.4, 0.5) is 5.82 Å². The van der Waals surface area contributed by atoms with Gasteiger partial charge in [0.25, 0.3) is 0 Å². The first kappa shape index (κ1) is 15.0. The SMILES string of the molecule is COc1cc(-c2nc(C(C)C)[nH]c2-c2ccncc2)cnc1N. The molecule has 118 valence electrons. The number of aromatic nitrogens is 4. The van der Waals surface area contributed by atoms with Gasteiger partial charge in [-0.2, -0.15) is 0 Å². The monoisotopic (exact) mass is 309 g/mol. The lowest BCUT2D eigenvalue weighted by molar-refractivity contribution is 0.415. The lowest BCUT2D eigenvalue weighted by atomic mass is 10.1. The van der Waals surface area contributed by atoms with Gasteiger partial charge in [0.1, 0.15) is 5.82 Å². The van der Waals surface area contributed by atoms with E-state index in [1.165, 1.54) is 0 Å². The van der Waals surface area contributed by atoms with Gasteiger partial charge in [-0.05, 0) is 18.2 Å². The normalized spacial score (nSPS) is 11.0. The van der Waals surface area contributed by atoms with Gasteiger partial charge in [0.05, 0.1) is 18.5 Å². The van der Waals surface area contributed by atoms with Crippen molar-refractivity contribution in [2.45, 2.75) is 19.8 Å². The van der Waals surface area contributed by atoms with Crippen molar-refractivity contribution in [2.24, 2.45) is 0 Å². The molecule has 0 aliphatic heterocycles. The Morgan fingerprint density at radius 2 is 1.91 bits per heavy atom. The predicted octanol–water partition coefficient (Wildman–Crippen LogP) is 3.25. The van der Waals surface area contributed by atoms with Gasteiger partial charge in [0, 0.05) is 35.6 Å². The average Bonchev–Trinajstić information content (AvgIpc) is 3.02. The highest BCUT2D eigenvalue weighted by atomic mass is 16.5. The van der Waals surface area contributed by atoms with E-state index < -0.39 is 0 Å². The Labute approximate surface area is 134 Å². The standard InChI is InChI=1S/C17H19N5O/c1-10(2)17-21-14(11-4-6-19-7-5-11)15(22-17)12-8-13(23-3)16(18)20-9-12/h4-10H,1-3H3,(H2,18,20)(H,21,22). The molecule has 3 aromatic heterocycles. The number of nitrogens with one attached hydrogen (secondary N) is 1. The van der Waals surface area contributed by atoms with E-state index in [0.717, 1.165) is 28.3 Å².